The molecule has 1 aromatic rings. The topological polar surface area (TPSA) is 46.2 Å². The molecule has 0 aliphatic heterocycles. The number of nitrogens with two attached hydrogens (primary N) is 1. The van der Waals surface area contributed by atoms with Gasteiger partial charge in [0, 0.05) is 0 Å². The Morgan fingerprint density at radius 2 is 1.61 bits per heavy atom. The van der Waals surface area contributed by atoms with Crippen molar-refractivity contribution < 1.29 is 5.11 Å². The lowest BCUT2D eigenvalue weighted by molar-refractivity contribution is 0.0841. The third kappa shape index (κ3) is 2.60. The number of aryl methyl sites for hydroxylation is 3. The minimum absolute atomic E-state index is 0.242. The fourth-order valence-corrected chi connectivity index (χ4v) is 3.48. The minimum Gasteiger partial charge on any atom is -0.391 e. The summed E-state index contributed by atoms with van der Waals surface area (Å²) in [6.07, 6.45) is 4.32. The first-order chi connectivity index (χ1) is 8.50. The van der Waals surface area contributed by atoms with Gasteiger partial charge in [-0.25, -0.2) is 0 Å². The summed E-state index contributed by atoms with van der Waals surface area (Å²) in [6.45, 7) is 6.29. The third-order valence-electron chi connectivity index (χ3n) is 4.32. The molecule has 0 heterocycles. The van der Waals surface area contributed by atoms with Gasteiger partial charge in [-0.2, -0.15) is 0 Å². The third-order valence-corrected chi connectivity index (χ3v) is 4.32. The van der Waals surface area contributed by atoms with E-state index >= 15 is 0 Å². The summed E-state index contributed by atoms with van der Waals surface area (Å²) in [6, 6.07) is 4.07. The van der Waals surface area contributed by atoms with Crippen LogP contribution in [0.1, 0.15) is 54.0 Å². The number of benzene rings is 1. The summed E-state index contributed by atoms with van der Waals surface area (Å²) in [4.78, 5) is 0. The highest BCUT2D eigenvalue weighted by Gasteiger charge is 2.30. The maximum atomic E-state index is 10.5. The zero-order valence-corrected chi connectivity index (χ0v) is 11.7. The Hall–Kier alpha value is -0.860. The molecule has 2 heteroatoms. The second-order valence-corrected chi connectivity index (χ2v) is 5.87. The van der Waals surface area contributed by atoms with Crippen molar-refractivity contribution in [2.75, 3.05) is 0 Å². The molecule has 1 saturated carbocycles. The van der Waals surface area contributed by atoms with E-state index in [1.54, 1.807) is 0 Å². The molecule has 0 radical (unpaired) electrons. The van der Waals surface area contributed by atoms with E-state index in [1.165, 1.54) is 29.5 Å². The molecule has 18 heavy (non-hydrogen) atoms. The lowest BCUT2D eigenvalue weighted by Crippen LogP contribution is -2.33. The maximum absolute atomic E-state index is 10.5. The number of rotatable bonds is 3. The fourth-order valence-electron chi connectivity index (χ4n) is 3.48. The highest BCUT2D eigenvalue weighted by molar-refractivity contribution is 5.40. The SMILES string of the molecule is Cc1cc(C)c([C@H](N)[C@H](O)C2CCCC2)c(C)c1. The molecule has 2 nitrogen and oxygen atoms in total. The predicted molar refractivity (Wildman–Crippen MR) is 75.5 cm³/mol. The average molecular weight is 247 g/mol. The summed E-state index contributed by atoms with van der Waals surface area (Å²) >= 11 is 0. The van der Waals surface area contributed by atoms with E-state index in [4.69, 9.17) is 5.73 Å². The van der Waals surface area contributed by atoms with Crippen LogP contribution >= 0.6 is 0 Å². The summed E-state index contributed by atoms with van der Waals surface area (Å²) < 4.78 is 0. The Kier molecular flexibility index (Phi) is 4.08. The smallest absolute Gasteiger partial charge is 0.0761 e. The molecule has 1 aliphatic carbocycles. The summed E-state index contributed by atoms with van der Waals surface area (Å²) in [7, 11) is 0. The summed E-state index contributed by atoms with van der Waals surface area (Å²) in [5, 5.41) is 10.5. The molecule has 0 saturated heterocycles. The zero-order valence-electron chi connectivity index (χ0n) is 11.7. The van der Waals surface area contributed by atoms with E-state index in [2.05, 4.69) is 32.9 Å². The quantitative estimate of drug-likeness (QED) is 0.862. The molecular weight excluding hydrogens is 222 g/mol. The molecule has 1 aliphatic rings. The van der Waals surface area contributed by atoms with Crippen LogP contribution in [0, 0.1) is 26.7 Å². The minimum atomic E-state index is -0.396. The molecule has 0 spiro atoms. The molecule has 0 unspecified atom stereocenters. The first-order valence-electron chi connectivity index (χ1n) is 7.02. The average Bonchev–Trinajstić information content (AvgIpc) is 2.79. The van der Waals surface area contributed by atoms with Gasteiger partial charge in [-0.1, -0.05) is 30.5 Å². The van der Waals surface area contributed by atoms with Gasteiger partial charge in [-0.15, -0.1) is 0 Å². The van der Waals surface area contributed by atoms with E-state index in [0.29, 0.717) is 5.92 Å². The van der Waals surface area contributed by atoms with Crippen LogP contribution in [-0.2, 0) is 0 Å². The van der Waals surface area contributed by atoms with Gasteiger partial charge < -0.3 is 10.8 Å². The van der Waals surface area contributed by atoms with Crippen LogP contribution in [0.25, 0.3) is 0 Å². The molecule has 100 valence electrons. The van der Waals surface area contributed by atoms with Crippen molar-refractivity contribution in [2.45, 2.75) is 58.6 Å². The van der Waals surface area contributed by atoms with Gasteiger partial charge in [0.2, 0.25) is 0 Å². The van der Waals surface area contributed by atoms with E-state index < -0.39 is 6.10 Å². The number of aliphatic hydroxyl groups excluding tert-OH is 1. The van der Waals surface area contributed by atoms with Crippen LogP contribution in [0.5, 0.6) is 0 Å². The molecule has 2 atom stereocenters. The van der Waals surface area contributed by atoms with E-state index in [-0.39, 0.29) is 6.04 Å². The molecule has 0 aromatic heterocycles. The zero-order chi connectivity index (χ0) is 13.3. The van der Waals surface area contributed by atoms with Crippen LogP contribution in [0.15, 0.2) is 12.1 Å². The van der Waals surface area contributed by atoms with Crippen LogP contribution in [0.2, 0.25) is 0 Å². The van der Waals surface area contributed by atoms with Crippen molar-refractivity contribution >= 4 is 0 Å². The van der Waals surface area contributed by atoms with E-state index in [0.717, 1.165) is 18.4 Å². The van der Waals surface area contributed by atoms with Crippen LogP contribution < -0.4 is 5.73 Å². The fraction of sp³-hybridized carbons (Fsp3) is 0.625. The largest absolute Gasteiger partial charge is 0.391 e. The predicted octanol–water partition coefficient (Wildman–Crippen LogP) is 3.16. The van der Waals surface area contributed by atoms with Crippen LogP contribution in [0.3, 0.4) is 0 Å². The Balaban J connectivity index is 2.24. The highest BCUT2D eigenvalue weighted by atomic mass is 16.3. The molecule has 0 amide bonds. The van der Waals surface area contributed by atoms with Crippen molar-refractivity contribution in [1.82, 2.24) is 0 Å². The van der Waals surface area contributed by atoms with Gasteiger partial charge in [0.1, 0.15) is 0 Å². The summed E-state index contributed by atoms with van der Waals surface area (Å²) in [5.74, 6) is 0.389. The van der Waals surface area contributed by atoms with E-state index in [1.807, 2.05) is 0 Å². The maximum Gasteiger partial charge on any atom is 0.0761 e. The van der Waals surface area contributed by atoms with Gasteiger partial charge in [0.25, 0.3) is 0 Å². The van der Waals surface area contributed by atoms with Gasteiger partial charge >= 0.3 is 0 Å². The van der Waals surface area contributed by atoms with Crippen LogP contribution in [-0.4, -0.2) is 11.2 Å². The second-order valence-electron chi connectivity index (χ2n) is 5.87. The molecular formula is C16H25NO. The first kappa shape index (κ1) is 13.6. The monoisotopic (exact) mass is 247 g/mol. The Labute approximate surface area is 110 Å². The van der Waals surface area contributed by atoms with Gasteiger partial charge in [-0.3, -0.25) is 0 Å². The van der Waals surface area contributed by atoms with Crippen LogP contribution in [0.4, 0.5) is 0 Å². The number of aliphatic hydroxyl groups is 1. The lowest BCUT2D eigenvalue weighted by atomic mass is 9.86. The standard InChI is InChI=1S/C16H25NO/c1-10-8-11(2)14(12(3)9-10)15(17)16(18)13-6-4-5-7-13/h8-9,13,15-16,18H,4-7,17H2,1-3H3/t15-,16+/m0/s1. The van der Waals surface area contributed by atoms with E-state index in [9.17, 15) is 5.11 Å². The molecule has 3 N–H and O–H groups in total. The van der Waals surface area contributed by atoms with Crippen molar-refractivity contribution in [1.29, 1.82) is 0 Å². The molecule has 0 bridgehead atoms. The second kappa shape index (κ2) is 5.41. The highest BCUT2D eigenvalue weighted by Crippen LogP contribution is 2.34. The van der Waals surface area contributed by atoms with Crippen molar-refractivity contribution in [3.05, 3.63) is 34.4 Å². The normalized spacial score (nSPS) is 20.1. The van der Waals surface area contributed by atoms with Crippen molar-refractivity contribution in [2.24, 2.45) is 11.7 Å². The Morgan fingerprint density at radius 3 is 2.11 bits per heavy atom. The Bertz CT molecular complexity index is 398. The summed E-state index contributed by atoms with van der Waals surface area (Å²) in [5.41, 5.74) is 11.1. The Morgan fingerprint density at radius 1 is 1.11 bits per heavy atom. The van der Waals surface area contributed by atoms with Gasteiger partial charge in [-0.05, 0) is 56.2 Å². The number of hydrogen-bond acceptors (Lipinski definition) is 2. The molecule has 1 aromatic carbocycles. The lowest BCUT2D eigenvalue weighted by Gasteiger charge is -2.27. The molecule has 1 fully saturated rings. The number of hydrogen-bond donors (Lipinski definition) is 2. The first-order valence-corrected chi connectivity index (χ1v) is 7.02. The van der Waals surface area contributed by atoms with Crippen molar-refractivity contribution in [3.8, 4) is 0 Å². The van der Waals surface area contributed by atoms with Gasteiger partial charge in [0.05, 0.1) is 12.1 Å². The van der Waals surface area contributed by atoms with Crippen molar-refractivity contribution in [3.63, 3.8) is 0 Å². The molecule has 2 rings (SSSR count). The van der Waals surface area contributed by atoms with Gasteiger partial charge in [0.15, 0.2) is 0 Å².